The molecule has 0 saturated carbocycles. The molecule has 0 aliphatic carbocycles. The average Bonchev–Trinajstić information content (AvgIpc) is 2.53. The smallest absolute Gasteiger partial charge is 0.335 e. The number of nitrogens with zero attached hydrogens (tertiary/aromatic N) is 2. The number of carboxylic acid groups (broad SMARTS) is 1. The molecule has 0 radical (unpaired) electrons. The standard InChI is InChI=1S/C16H16N2O3/c1-2-18(11-12-6-8-17-9-7-12)15(19)13-4-3-5-14(10-13)16(20)21/h3-10H,2,11H2,1H3,(H,20,21). The second kappa shape index (κ2) is 6.65. The quantitative estimate of drug-likeness (QED) is 0.915. The van der Waals surface area contributed by atoms with Gasteiger partial charge in [-0.15, -0.1) is 0 Å². The lowest BCUT2D eigenvalue weighted by molar-refractivity contribution is 0.0697. The first-order valence-electron chi connectivity index (χ1n) is 6.63. The van der Waals surface area contributed by atoms with Crippen molar-refractivity contribution in [2.75, 3.05) is 6.54 Å². The highest BCUT2D eigenvalue weighted by Crippen LogP contribution is 2.11. The van der Waals surface area contributed by atoms with E-state index in [4.69, 9.17) is 5.11 Å². The van der Waals surface area contributed by atoms with Crippen molar-refractivity contribution in [2.24, 2.45) is 0 Å². The Morgan fingerprint density at radius 1 is 1.14 bits per heavy atom. The number of hydrogen-bond acceptors (Lipinski definition) is 3. The molecule has 2 aromatic rings. The minimum Gasteiger partial charge on any atom is -0.478 e. The van der Waals surface area contributed by atoms with Gasteiger partial charge in [0.2, 0.25) is 0 Å². The van der Waals surface area contributed by atoms with Crippen molar-refractivity contribution in [3.05, 3.63) is 65.5 Å². The SMILES string of the molecule is CCN(Cc1ccncc1)C(=O)c1cccc(C(=O)O)c1. The molecule has 1 amide bonds. The highest BCUT2D eigenvalue weighted by molar-refractivity contribution is 5.97. The molecule has 5 nitrogen and oxygen atoms in total. The molecule has 21 heavy (non-hydrogen) atoms. The summed E-state index contributed by atoms with van der Waals surface area (Å²) in [5, 5.41) is 8.99. The Hall–Kier alpha value is -2.69. The number of carboxylic acids is 1. The lowest BCUT2D eigenvalue weighted by Crippen LogP contribution is -2.30. The van der Waals surface area contributed by atoms with Crippen molar-refractivity contribution in [3.63, 3.8) is 0 Å². The lowest BCUT2D eigenvalue weighted by atomic mass is 10.1. The normalized spacial score (nSPS) is 10.1. The number of aromatic nitrogens is 1. The Morgan fingerprint density at radius 2 is 1.81 bits per heavy atom. The summed E-state index contributed by atoms with van der Waals surface area (Å²) in [6.07, 6.45) is 3.36. The van der Waals surface area contributed by atoms with Crippen LogP contribution in [0.25, 0.3) is 0 Å². The molecule has 1 aromatic carbocycles. The number of amides is 1. The summed E-state index contributed by atoms with van der Waals surface area (Å²) in [6, 6.07) is 9.78. The fourth-order valence-electron chi connectivity index (χ4n) is 2.00. The molecule has 0 unspecified atom stereocenters. The van der Waals surface area contributed by atoms with Crippen LogP contribution in [0.5, 0.6) is 0 Å². The Labute approximate surface area is 122 Å². The second-order valence-electron chi connectivity index (χ2n) is 4.56. The zero-order valence-electron chi connectivity index (χ0n) is 11.7. The van der Waals surface area contributed by atoms with Crippen LogP contribution in [0.2, 0.25) is 0 Å². The number of aromatic carboxylic acids is 1. The van der Waals surface area contributed by atoms with E-state index in [2.05, 4.69) is 4.98 Å². The predicted octanol–water partition coefficient (Wildman–Crippen LogP) is 2.44. The van der Waals surface area contributed by atoms with E-state index < -0.39 is 5.97 Å². The molecule has 2 rings (SSSR count). The van der Waals surface area contributed by atoms with Crippen molar-refractivity contribution in [2.45, 2.75) is 13.5 Å². The average molecular weight is 284 g/mol. The number of carbonyl (C=O) groups is 2. The van der Waals surface area contributed by atoms with E-state index in [1.54, 1.807) is 29.4 Å². The third kappa shape index (κ3) is 3.66. The molecule has 0 saturated heterocycles. The lowest BCUT2D eigenvalue weighted by Gasteiger charge is -2.21. The first kappa shape index (κ1) is 14.7. The van der Waals surface area contributed by atoms with Crippen molar-refractivity contribution < 1.29 is 14.7 Å². The van der Waals surface area contributed by atoms with Crippen molar-refractivity contribution in [1.29, 1.82) is 0 Å². The van der Waals surface area contributed by atoms with Crippen LogP contribution < -0.4 is 0 Å². The molecule has 0 fully saturated rings. The highest BCUT2D eigenvalue weighted by Gasteiger charge is 2.16. The Balaban J connectivity index is 2.20. The summed E-state index contributed by atoms with van der Waals surface area (Å²) < 4.78 is 0. The Morgan fingerprint density at radius 3 is 2.43 bits per heavy atom. The topological polar surface area (TPSA) is 70.5 Å². The van der Waals surface area contributed by atoms with Gasteiger partial charge in [-0.05, 0) is 42.8 Å². The zero-order chi connectivity index (χ0) is 15.2. The molecule has 0 aliphatic heterocycles. The minimum absolute atomic E-state index is 0.112. The largest absolute Gasteiger partial charge is 0.478 e. The first-order chi connectivity index (χ1) is 10.1. The number of pyridine rings is 1. The maximum atomic E-state index is 12.5. The van der Waals surface area contributed by atoms with Gasteiger partial charge in [0.05, 0.1) is 5.56 Å². The molecule has 5 heteroatoms. The predicted molar refractivity (Wildman–Crippen MR) is 78.1 cm³/mol. The maximum absolute atomic E-state index is 12.5. The van der Waals surface area contributed by atoms with Gasteiger partial charge in [0, 0.05) is 31.0 Å². The van der Waals surface area contributed by atoms with Gasteiger partial charge < -0.3 is 10.0 Å². The second-order valence-corrected chi connectivity index (χ2v) is 4.56. The molecular weight excluding hydrogens is 268 g/mol. The monoisotopic (exact) mass is 284 g/mol. The molecule has 1 aromatic heterocycles. The molecule has 0 bridgehead atoms. The van der Waals surface area contributed by atoms with Gasteiger partial charge >= 0.3 is 5.97 Å². The van der Waals surface area contributed by atoms with Crippen molar-refractivity contribution in [3.8, 4) is 0 Å². The fourth-order valence-corrected chi connectivity index (χ4v) is 2.00. The van der Waals surface area contributed by atoms with Crippen LogP contribution >= 0.6 is 0 Å². The summed E-state index contributed by atoms with van der Waals surface area (Å²) in [7, 11) is 0. The van der Waals surface area contributed by atoms with E-state index in [-0.39, 0.29) is 11.5 Å². The minimum atomic E-state index is -1.04. The molecule has 0 spiro atoms. The maximum Gasteiger partial charge on any atom is 0.335 e. The molecular formula is C16H16N2O3. The van der Waals surface area contributed by atoms with Crippen LogP contribution in [0.4, 0.5) is 0 Å². The number of rotatable bonds is 5. The summed E-state index contributed by atoms with van der Waals surface area (Å²) in [4.78, 5) is 29.1. The van der Waals surface area contributed by atoms with Gasteiger partial charge in [0.1, 0.15) is 0 Å². The third-order valence-electron chi connectivity index (χ3n) is 3.15. The summed E-state index contributed by atoms with van der Waals surface area (Å²) in [6.45, 7) is 2.90. The molecule has 1 heterocycles. The van der Waals surface area contributed by atoms with Crippen LogP contribution in [0.3, 0.4) is 0 Å². The van der Waals surface area contributed by atoms with Crippen molar-refractivity contribution in [1.82, 2.24) is 9.88 Å². The molecule has 0 aliphatic rings. The molecule has 0 atom stereocenters. The van der Waals surface area contributed by atoms with E-state index in [1.165, 1.54) is 12.1 Å². The third-order valence-corrected chi connectivity index (χ3v) is 3.15. The van der Waals surface area contributed by atoms with E-state index in [0.29, 0.717) is 18.7 Å². The number of carbonyl (C=O) groups excluding carboxylic acids is 1. The van der Waals surface area contributed by atoms with Gasteiger partial charge in [0.15, 0.2) is 0 Å². The van der Waals surface area contributed by atoms with Crippen LogP contribution in [0, 0.1) is 0 Å². The van der Waals surface area contributed by atoms with Crippen molar-refractivity contribution >= 4 is 11.9 Å². The van der Waals surface area contributed by atoms with Crippen LogP contribution in [-0.2, 0) is 6.54 Å². The molecule has 108 valence electrons. The van der Waals surface area contributed by atoms with Crippen LogP contribution in [0.15, 0.2) is 48.8 Å². The summed E-state index contributed by atoms with van der Waals surface area (Å²) in [5.41, 5.74) is 1.47. The molecule has 1 N–H and O–H groups in total. The van der Waals surface area contributed by atoms with E-state index in [0.717, 1.165) is 5.56 Å². The number of benzene rings is 1. The van der Waals surface area contributed by atoms with Gasteiger partial charge in [-0.2, -0.15) is 0 Å². The fraction of sp³-hybridized carbons (Fsp3) is 0.188. The van der Waals surface area contributed by atoms with E-state index in [1.807, 2.05) is 19.1 Å². The Kier molecular flexibility index (Phi) is 4.66. The zero-order valence-corrected chi connectivity index (χ0v) is 11.7. The van der Waals surface area contributed by atoms with E-state index in [9.17, 15) is 9.59 Å². The van der Waals surface area contributed by atoms with Gasteiger partial charge in [0.25, 0.3) is 5.91 Å². The van der Waals surface area contributed by atoms with Crippen LogP contribution in [0.1, 0.15) is 33.2 Å². The van der Waals surface area contributed by atoms with Gasteiger partial charge in [-0.25, -0.2) is 4.79 Å². The summed E-state index contributed by atoms with van der Waals surface area (Å²) >= 11 is 0. The summed E-state index contributed by atoms with van der Waals surface area (Å²) in [5.74, 6) is -1.22. The highest BCUT2D eigenvalue weighted by atomic mass is 16.4. The van der Waals surface area contributed by atoms with Gasteiger partial charge in [-0.3, -0.25) is 9.78 Å². The van der Waals surface area contributed by atoms with E-state index >= 15 is 0 Å². The Bertz CT molecular complexity index is 641. The van der Waals surface area contributed by atoms with Gasteiger partial charge in [-0.1, -0.05) is 6.07 Å². The van der Waals surface area contributed by atoms with Crippen LogP contribution in [-0.4, -0.2) is 33.4 Å². The number of hydrogen-bond donors (Lipinski definition) is 1. The first-order valence-corrected chi connectivity index (χ1v) is 6.63.